The van der Waals surface area contributed by atoms with E-state index < -0.39 is 16.0 Å². The van der Waals surface area contributed by atoms with Crippen LogP contribution in [-0.4, -0.2) is 28.1 Å². The van der Waals surface area contributed by atoms with Crippen LogP contribution >= 0.6 is 0 Å². The molecule has 0 fully saturated rings. The molecule has 1 heterocycles. The number of sulfonamides is 1. The SMILES string of the molecule is CCCCCOC(=O)c1c(C)oc2cc(C)c(NS(=O)(=O)c3ccc(OC)cc3)cc12. The highest BCUT2D eigenvalue weighted by molar-refractivity contribution is 7.92. The number of benzene rings is 2. The zero-order valence-corrected chi connectivity index (χ0v) is 19.0. The van der Waals surface area contributed by atoms with Crippen LogP contribution in [0.25, 0.3) is 11.0 Å². The first kappa shape index (κ1) is 22.7. The van der Waals surface area contributed by atoms with Gasteiger partial charge in [0.05, 0.1) is 24.3 Å². The molecule has 31 heavy (non-hydrogen) atoms. The molecule has 0 spiro atoms. The van der Waals surface area contributed by atoms with Gasteiger partial charge in [0.2, 0.25) is 0 Å². The van der Waals surface area contributed by atoms with Crippen LogP contribution in [0.3, 0.4) is 0 Å². The van der Waals surface area contributed by atoms with Crippen LogP contribution in [0.1, 0.15) is 47.9 Å². The number of carbonyl (C=O) groups is 1. The summed E-state index contributed by atoms with van der Waals surface area (Å²) >= 11 is 0. The van der Waals surface area contributed by atoms with E-state index in [1.165, 1.54) is 19.2 Å². The smallest absolute Gasteiger partial charge is 0.342 e. The van der Waals surface area contributed by atoms with Crippen molar-refractivity contribution in [2.75, 3.05) is 18.4 Å². The normalized spacial score (nSPS) is 11.5. The van der Waals surface area contributed by atoms with E-state index in [0.717, 1.165) is 19.3 Å². The lowest BCUT2D eigenvalue weighted by atomic mass is 10.1. The van der Waals surface area contributed by atoms with Crippen LogP contribution in [0.5, 0.6) is 5.75 Å². The van der Waals surface area contributed by atoms with Gasteiger partial charge < -0.3 is 13.9 Å². The number of anilines is 1. The maximum absolute atomic E-state index is 12.8. The van der Waals surface area contributed by atoms with Crippen molar-refractivity contribution in [1.29, 1.82) is 0 Å². The van der Waals surface area contributed by atoms with Gasteiger partial charge in [0.15, 0.2) is 0 Å². The van der Waals surface area contributed by atoms with E-state index in [-0.39, 0.29) is 4.90 Å². The maximum Gasteiger partial charge on any atom is 0.342 e. The Kier molecular flexibility index (Phi) is 6.90. The summed E-state index contributed by atoms with van der Waals surface area (Å²) in [5.74, 6) is 0.526. The van der Waals surface area contributed by atoms with Gasteiger partial charge in [-0.15, -0.1) is 0 Å². The van der Waals surface area contributed by atoms with Crippen LogP contribution in [0.2, 0.25) is 0 Å². The van der Waals surface area contributed by atoms with Gasteiger partial charge in [-0.25, -0.2) is 13.2 Å². The fraction of sp³-hybridized carbons (Fsp3) is 0.348. The van der Waals surface area contributed by atoms with Crippen molar-refractivity contribution in [2.24, 2.45) is 0 Å². The van der Waals surface area contributed by atoms with Gasteiger partial charge in [0, 0.05) is 5.39 Å². The molecule has 3 rings (SSSR count). The van der Waals surface area contributed by atoms with Crippen molar-refractivity contribution in [1.82, 2.24) is 0 Å². The summed E-state index contributed by atoms with van der Waals surface area (Å²) in [6, 6.07) is 9.42. The second-order valence-corrected chi connectivity index (χ2v) is 9.00. The summed E-state index contributed by atoms with van der Waals surface area (Å²) in [5, 5.41) is 0.510. The molecule has 0 bridgehead atoms. The molecule has 0 amide bonds. The predicted molar refractivity (Wildman–Crippen MR) is 119 cm³/mol. The average Bonchev–Trinajstić information content (AvgIpc) is 3.05. The minimum atomic E-state index is -3.83. The molecule has 0 aliphatic carbocycles. The molecule has 3 aromatic rings. The summed E-state index contributed by atoms with van der Waals surface area (Å²) in [5.41, 5.74) is 1.85. The highest BCUT2D eigenvalue weighted by atomic mass is 32.2. The standard InChI is InChI=1S/C23H27NO6S/c1-5-6-7-12-29-23(25)22-16(3)30-21-13-15(2)20(14-19(21)22)24-31(26,27)18-10-8-17(28-4)9-11-18/h8-11,13-14,24H,5-7,12H2,1-4H3. The molecule has 2 aromatic carbocycles. The molecule has 0 aliphatic heterocycles. The van der Waals surface area contributed by atoms with Gasteiger partial charge in [-0.3, -0.25) is 4.72 Å². The minimum Gasteiger partial charge on any atom is -0.497 e. The summed E-state index contributed by atoms with van der Waals surface area (Å²) in [4.78, 5) is 12.7. The molecule has 1 aromatic heterocycles. The van der Waals surface area contributed by atoms with E-state index in [0.29, 0.717) is 45.9 Å². The molecule has 0 aliphatic rings. The minimum absolute atomic E-state index is 0.103. The van der Waals surface area contributed by atoms with E-state index in [4.69, 9.17) is 13.9 Å². The monoisotopic (exact) mass is 445 g/mol. The first-order chi connectivity index (χ1) is 14.8. The largest absolute Gasteiger partial charge is 0.497 e. The number of fused-ring (bicyclic) bond motifs is 1. The number of aryl methyl sites for hydroxylation is 2. The Morgan fingerprint density at radius 3 is 2.45 bits per heavy atom. The van der Waals surface area contributed by atoms with Crippen LogP contribution in [0.15, 0.2) is 45.7 Å². The summed E-state index contributed by atoms with van der Waals surface area (Å²) in [6.45, 7) is 5.87. The molecular formula is C23H27NO6S. The number of methoxy groups -OCH3 is 1. The number of ether oxygens (including phenoxy) is 2. The van der Waals surface area contributed by atoms with E-state index in [9.17, 15) is 13.2 Å². The third-order valence-corrected chi connectivity index (χ3v) is 6.39. The van der Waals surface area contributed by atoms with E-state index in [1.807, 2.05) is 0 Å². The molecule has 0 atom stereocenters. The van der Waals surface area contributed by atoms with Gasteiger partial charge >= 0.3 is 5.97 Å². The van der Waals surface area contributed by atoms with E-state index >= 15 is 0 Å². The summed E-state index contributed by atoms with van der Waals surface area (Å²) in [6.07, 6.45) is 2.81. The lowest BCUT2D eigenvalue weighted by Gasteiger charge is -2.11. The number of furan rings is 1. The first-order valence-corrected chi connectivity index (χ1v) is 11.6. The molecule has 1 N–H and O–H groups in total. The molecule has 0 radical (unpaired) electrons. The summed E-state index contributed by atoms with van der Waals surface area (Å²) < 4.78 is 44.5. The fourth-order valence-corrected chi connectivity index (χ4v) is 4.40. The molecule has 8 heteroatoms. The predicted octanol–water partition coefficient (Wildman–Crippen LogP) is 5.21. The van der Waals surface area contributed by atoms with Crippen LogP contribution in [-0.2, 0) is 14.8 Å². The van der Waals surface area contributed by atoms with Crippen LogP contribution in [0, 0.1) is 13.8 Å². The highest BCUT2D eigenvalue weighted by Crippen LogP contribution is 2.32. The van der Waals surface area contributed by atoms with Crippen molar-refractivity contribution in [3.8, 4) is 5.75 Å². The number of nitrogens with one attached hydrogen (secondary N) is 1. The Balaban J connectivity index is 1.92. The van der Waals surface area contributed by atoms with Crippen molar-refractivity contribution in [2.45, 2.75) is 44.9 Å². The van der Waals surface area contributed by atoms with E-state index in [2.05, 4.69) is 11.6 Å². The lowest BCUT2D eigenvalue weighted by Crippen LogP contribution is -2.14. The molecule has 0 saturated carbocycles. The zero-order chi connectivity index (χ0) is 22.6. The molecule has 7 nitrogen and oxygen atoms in total. The number of rotatable bonds is 9. The Labute approximate surface area is 182 Å². The van der Waals surface area contributed by atoms with Crippen molar-refractivity contribution in [3.05, 3.63) is 53.3 Å². The molecular weight excluding hydrogens is 418 g/mol. The van der Waals surface area contributed by atoms with Crippen molar-refractivity contribution < 1.29 is 27.1 Å². The Bertz CT molecular complexity index is 1180. The Morgan fingerprint density at radius 1 is 1.10 bits per heavy atom. The Morgan fingerprint density at radius 2 is 1.81 bits per heavy atom. The maximum atomic E-state index is 12.8. The van der Waals surface area contributed by atoms with Crippen molar-refractivity contribution in [3.63, 3.8) is 0 Å². The second-order valence-electron chi connectivity index (χ2n) is 7.32. The third kappa shape index (κ3) is 5.02. The van der Waals surface area contributed by atoms with Gasteiger partial charge in [-0.2, -0.15) is 0 Å². The van der Waals surface area contributed by atoms with Gasteiger partial charge in [0.25, 0.3) is 10.0 Å². The average molecular weight is 446 g/mol. The molecule has 166 valence electrons. The van der Waals surface area contributed by atoms with Crippen LogP contribution < -0.4 is 9.46 Å². The number of esters is 1. The first-order valence-electron chi connectivity index (χ1n) is 10.1. The zero-order valence-electron chi connectivity index (χ0n) is 18.2. The van der Waals surface area contributed by atoms with Crippen LogP contribution in [0.4, 0.5) is 5.69 Å². The van der Waals surface area contributed by atoms with Crippen molar-refractivity contribution >= 4 is 32.6 Å². The lowest BCUT2D eigenvalue weighted by molar-refractivity contribution is 0.0498. The number of unbranched alkanes of at least 4 members (excludes halogenated alkanes) is 2. The number of carbonyl (C=O) groups excluding carboxylic acids is 1. The second kappa shape index (κ2) is 9.43. The Hall–Kier alpha value is -3.00. The van der Waals surface area contributed by atoms with Gasteiger partial charge in [-0.1, -0.05) is 19.8 Å². The number of hydrogen-bond donors (Lipinski definition) is 1. The molecule has 0 saturated heterocycles. The quantitative estimate of drug-likeness (QED) is 0.359. The van der Waals surface area contributed by atoms with E-state index in [1.54, 1.807) is 38.1 Å². The summed E-state index contributed by atoms with van der Waals surface area (Å²) in [7, 11) is -2.32. The number of hydrogen-bond acceptors (Lipinski definition) is 6. The highest BCUT2D eigenvalue weighted by Gasteiger charge is 2.22. The van der Waals surface area contributed by atoms with Gasteiger partial charge in [-0.05, 0) is 62.2 Å². The topological polar surface area (TPSA) is 94.8 Å². The molecule has 0 unspecified atom stereocenters. The van der Waals surface area contributed by atoms with Gasteiger partial charge in [0.1, 0.15) is 22.7 Å². The fourth-order valence-electron chi connectivity index (χ4n) is 3.28. The third-order valence-electron chi connectivity index (χ3n) is 5.01.